The molecule has 0 spiro atoms. The van der Waals surface area contributed by atoms with Gasteiger partial charge in [-0.1, -0.05) is 23.2 Å². The van der Waals surface area contributed by atoms with Gasteiger partial charge in [0.05, 0.1) is 21.8 Å². The first-order valence-corrected chi connectivity index (χ1v) is 5.80. The van der Waals surface area contributed by atoms with Gasteiger partial charge in [0.25, 0.3) is 0 Å². The Bertz CT molecular complexity index is 501. The summed E-state index contributed by atoms with van der Waals surface area (Å²) in [5, 5.41) is 3.19. The Morgan fingerprint density at radius 3 is 2.71 bits per heavy atom. The SMILES string of the molecule is CC1(C)COc2c(cc(N)c(Cl)c2Cl)NC1=O. The molecule has 1 aromatic carbocycles. The lowest BCUT2D eigenvalue weighted by molar-refractivity contribution is -0.124. The van der Waals surface area contributed by atoms with Crippen molar-refractivity contribution in [2.45, 2.75) is 13.8 Å². The van der Waals surface area contributed by atoms with E-state index in [0.29, 0.717) is 17.1 Å². The van der Waals surface area contributed by atoms with Gasteiger partial charge in [-0.25, -0.2) is 0 Å². The Kier molecular flexibility index (Phi) is 2.87. The van der Waals surface area contributed by atoms with Crippen LogP contribution in [-0.4, -0.2) is 12.5 Å². The average molecular weight is 275 g/mol. The highest BCUT2D eigenvalue weighted by atomic mass is 35.5. The molecule has 1 aliphatic rings. The molecule has 4 nitrogen and oxygen atoms in total. The minimum atomic E-state index is -0.635. The summed E-state index contributed by atoms with van der Waals surface area (Å²) in [4.78, 5) is 11.9. The van der Waals surface area contributed by atoms with E-state index in [9.17, 15) is 4.79 Å². The summed E-state index contributed by atoms with van der Waals surface area (Å²) in [6, 6.07) is 1.54. The zero-order valence-corrected chi connectivity index (χ0v) is 10.9. The third-order valence-electron chi connectivity index (χ3n) is 2.63. The molecule has 1 aromatic rings. The fourth-order valence-electron chi connectivity index (χ4n) is 1.47. The number of nitrogens with two attached hydrogens (primary N) is 1. The van der Waals surface area contributed by atoms with Crippen LogP contribution >= 0.6 is 23.2 Å². The summed E-state index contributed by atoms with van der Waals surface area (Å²) in [7, 11) is 0. The summed E-state index contributed by atoms with van der Waals surface area (Å²) >= 11 is 12.0. The van der Waals surface area contributed by atoms with Crippen molar-refractivity contribution in [3.05, 3.63) is 16.1 Å². The van der Waals surface area contributed by atoms with Crippen LogP contribution in [0.25, 0.3) is 0 Å². The highest BCUT2D eigenvalue weighted by Crippen LogP contribution is 2.44. The maximum atomic E-state index is 11.9. The molecular weight excluding hydrogens is 263 g/mol. The summed E-state index contributed by atoms with van der Waals surface area (Å²) in [5.41, 5.74) is 5.81. The zero-order valence-electron chi connectivity index (χ0n) is 9.43. The lowest BCUT2D eigenvalue weighted by Gasteiger charge is -2.18. The summed E-state index contributed by atoms with van der Waals surface area (Å²) in [5.74, 6) is 0.221. The number of carbonyl (C=O) groups excluding carboxylic acids is 1. The number of amides is 1. The third kappa shape index (κ3) is 2.03. The minimum absolute atomic E-state index is 0.144. The van der Waals surface area contributed by atoms with Crippen LogP contribution in [-0.2, 0) is 4.79 Å². The van der Waals surface area contributed by atoms with Crippen molar-refractivity contribution in [1.82, 2.24) is 0 Å². The van der Waals surface area contributed by atoms with Crippen LogP contribution in [0.15, 0.2) is 6.07 Å². The summed E-state index contributed by atoms with van der Waals surface area (Å²) < 4.78 is 5.55. The van der Waals surface area contributed by atoms with Gasteiger partial charge in [0.2, 0.25) is 5.91 Å². The van der Waals surface area contributed by atoms with Gasteiger partial charge < -0.3 is 15.8 Å². The van der Waals surface area contributed by atoms with E-state index in [1.807, 2.05) is 0 Å². The number of hydrogen-bond donors (Lipinski definition) is 2. The fraction of sp³-hybridized carbons (Fsp3) is 0.364. The Hall–Kier alpha value is -1.13. The smallest absolute Gasteiger partial charge is 0.233 e. The normalized spacial score (nSPS) is 17.8. The molecule has 0 saturated heterocycles. The van der Waals surface area contributed by atoms with Gasteiger partial charge in [-0.3, -0.25) is 4.79 Å². The number of halogens is 2. The molecule has 0 aromatic heterocycles. The molecule has 0 saturated carbocycles. The molecule has 17 heavy (non-hydrogen) atoms. The summed E-state index contributed by atoms with van der Waals surface area (Å²) in [6.45, 7) is 3.80. The molecule has 1 amide bonds. The highest BCUT2D eigenvalue weighted by Gasteiger charge is 2.33. The van der Waals surface area contributed by atoms with E-state index in [0.717, 1.165) is 0 Å². The third-order valence-corrected chi connectivity index (χ3v) is 3.49. The fourth-order valence-corrected chi connectivity index (χ4v) is 1.88. The second-order valence-electron chi connectivity index (χ2n) is 4.60. The maximum absolute atomic E-state index is 11.9. The van der Waals surface area contributed by atoms with Crippen LogP contribution in [0.4, 0.5) is 11.4 Å². The van der Waals surface area contributed by atoms with Crippen LogP contribution in [0.2, 0.25) is 10.0 Å². The monoisotopic (exact) mass is 274 g/mol. The highest BCUT2D eigenvalue weighted by molar-refractivity contribution is 6.45. The molecule has 6 heteroatoms. The molecule has 0 aliphatic carbocycles. The standard InChI is InChI=1S/C11H12Cl2N2O2/c1-11(2)4-17-9-6(15-10(11)16)3-5(14)7(12)8(9)13/h3H,4,14H2,1-2H3,(H,15,16). The first-order chi connectivity index (χ1) is 7.83. The number of benzene rings is 1. The predicted octanol–water partition coefficient (Wildman–Crippen LogP) is 2.93. The number of rotatable bonds is 0. The molecule has 0 fully saturated rings. The van der Waals surface area contributed by atoms with Gasteiger partial charge in [0.1, 0.15) is 11.6 Å². The van der Waals surface area contributed by atoms with Crippen LogP contribution in [0, 0.1) is 5.41 Å². The topological polar surface area (TPSA) is 64.3 Å². The second-order valence-corrected chi connectivity index (χ2v) is 5.35. The number of carbonyl (C=O) groups is 1. The van der Waals surface area contributed by atoms with E-state index < -0.39 is 5.41 Å². The summed E-state index contributed by atoms with van der Waals surface area (Å²) in [6.07, 6.45) is 0. The quantitative estimate of drug-likeness (QED) is 0.715. The van der Waals surface area contributed by atoms with Gasteiger partial charge in [-0.2, -0.15) is 0 Å². The largest absolute Gasteiger partial charge is 0.489 e. The first kappa shape index (κ1) is 12.3. The molecule has 0 radical (unpaired) electrons. The molecule has 3 N–H and O–H groups in total. The van der Waals surface area contributed by atoms with E-state index in [-0.39, 0.29) is 22.6 Å². The van der Waals surface area contributed by atoms with Crippen molar-refractivity contribution < 1.29 is 9.53 Å². The van der Waals surface area contributed by atoms with Gasteiger partial charge in [-0.05, 0) is 19.9 Å². The predicted molar refractivity (Wildman–Crippen MR) is 68.8 cm³/mol. The van der Waals surface area contributed by atoms with E-state index in [2.05, 4.69) is 5.32 Å². The van der Waals surface area contributed by atoms with Gasteiger partial charge in [0, 0.05) is 0 Å². The number of ether oxygens (including phenoxy) is 1. The first-order valence-electron chi connectivity index (χ1n) is 5.04. The van der Waals surface area contributed by atoms with Gasteiger partial charge >= 0.3 is 0 Å². The molecular formula is C11H12Cl2N2O2. The second kappa shape index (κ2) is 3.96. The molecule has 92 valence electrons. The number of nitrogen functional groups attached to an aromatic ring is 1. The molecule has 0 atom stereocenters. The van der Waals surface area contributed by atoms with Crippen molar-refractivity contribution in [3.8, 4) is 5.75 Å². The Morgan fingerprint density at radius 1 is 1.41 bits per heavy atom. The van der Waals surface area contributed by atoms with E-state index in [1.54, 1.807) is 19.9 Å². The van der Waals surface area contributed by atoms with Crippen molar-refractivity contribution in [2.75, 3.05) is 17.7 Å². The van der Waals surface area contributed by atoms with Crippen LogP contribution in [0.1, 0.15) is 13.8 Å². The van der Waals surface area contributed by atoms with Crippen molar-refractivity contribution in [3.63, 3.8) is 0 Å². The lowest BCUT2D eigenvalue weighted by Crippen LogP contribution is -2.33. The van der Waals surface area contributed by atoms with E-state index in [4.69, 9.17) is 33.7 Å². The molecule has 1 heterocycles. The lowest BCUT2D eigenvalue weighted by atomic mass is 9.94. The van der Waals surface area contributed by atoms with E-state index in [1.165, 1.54) is 0 Å². The van der Waals surface area contributed by atoms with Gasteiger partial charge in [0.15, 0.2) is 5.75 Å². The molecule has 0 unspecified atom stereocenters. The van der Waals surface area contributed by atoms with Crippen LogP contribution < -0.4 is 15.8 Å². The number of fused-ring (bicyclic) bond motifs is 1. The average Bonchev–Trinajstić information content (AvgIpc) is 2.35. The minimum Gasteiger partial charge on any atom is -0.489 e. The molecule has 2 rings (SSSR count). The van der Waals surface area contributed by atoms with Crippen molar-refractivity contribution in [2.24, 2.45) is 5.41 Å². The van der Waals surface area contributed by atoms with Crippen LogP contribution in [0.3, 0.4) is 0 Å². The van der Waals surface area contributed by atoms with Crippen molar-refractivity contribution >= 4 is 40.5 Å². The Balaban J connectivity index is 2.55. The number of nitrogens with one attached hydrogen (secondary N) is 1. The van der Waals surface area contributed by atoms with Crippen LogP contribution in [0.5, 0.6) is 5.75 Å². The Morgan fingerprint density at radius 2 is 2.06 bits per heavy atom. The van der Waals surface area contributed by atoms with Gasteiger partial charge in [-0.15, -0.1) is 0 Å². The van der Waals surface area contributed by atoms with E-state index >= 15 is 0 Å². The zero-order chi connectivity index (χ0) is 12.8. The maximum Gasteiger partial charge on any atom is 0.233 e. The number of anilines is 2. The Labute approximate surface area is 109 Å². The number of hydrogen-bond acceptors (Lipinski definition) is 3. The molecule has 1 aliphatic heterocycles. The van der Waals surface area contributed by atoms with Crippen molar-refractivity contribution in [1.29, 1.82) is 0 Å². The molecule has 0 bridgehead atoms.